The Balaban J connectivity index is 1.87. The van der Waals surface area contributed by atoms with Gasteiger partial charge in [-0.1, -0.05) is 42.8 Å². The number of hydrogen-bond donors (Lipinski definition) is 0. The molecule has 0 unspecified atom stereocenters. The fourth-order valence-corrected chi connectivity index (χ4v) is 3.93. The van der Waals surface area contributed by atoms with Gasteiger partial charge >= 0.3 is 0 Å². The summed E-state index contributed by atoms with van der Waals surface area (Å²) in [6, 6.07) is 15.6. The van der Waals surface area contributed by atoms with Crippen LogP contribution in [0.3, 0.4) is 0 Å². The van der Waals surface area contributed by atoms with Crippen molar-refractivity contribution in [2.75, 3.05) is 20.3 Å². The molecule has 0 saturated carbocycles. The Bertz CT molecular complexity index is 876. The second kappa shape index (κ2) is 9.92. The summed E-state index contributed by atoms with van der Waals surface area (Å²) in [5.74, 6) is -0.0278. The number of carbonyl (C=O) groups excluding carboxylic acids is 1. The first-order valence-corrected chi connectivity index (χ1v) is 10.4. The van der Waals surface area contributed by atoms with Crippen LogP contribution in [0.25, 0.3) is 6.08 Å². The molecule has 1 heterocycles. The molecule has 3 rings (SSSR count). The van der Waals surface area contributed by atoms with Gasteiger partial charge in [0.1, 0.15) is 0 Å². The molecule has 0 N–H and O–H groups in total. The van der Waals surface area contributed by atoms with Gasteiger partial charge in [0.05, 0.1) is 10.6 Å². The minimum absolute atomic E-state index is 0.0278. The predicted octanol–water partition coefficient (Wildman–Crippen LogP) is 5.54. The van der Waals surface area contributed by atoms with Crippen LogP contribution in [-0.4, -0.2) is 36.2 Å². The van der Waals surface area contributed by atoms with E-state index >= 15 is 0 Å². The van der Waals surface area contributed by atoms with Crippen molar-refractivity contribution in [3.8, 4) is 0 Å². The number of aryl methyl sites for hydroxylation is 1. The molecule has 2 aromatic carbocycles. The number of amidine groups is 1. The highest BCUT2D eigenvalue weighted by molar-refractivity contribution is 8.18. The summed E-state index contributed by atoms with van der Waals surface area (Å²) in [5.41, 5.74) is 3.04. The molecule has 0 radical (unpaired) electrons. The van der Waals surface area contributed by atoms with Gasteiger partial charge in [0.25, 0.3) is 5.91 Å². The molecule has 6 heteroatoms. The summed E-state index contributed by atoms with van der Waals surface area (Å²) < 4.78 is 5.14. The zero-order chi connectivity index (χ0) is 19.9. The van der Waals surface area contributed by atoms with E-state index in [4.69, 9.17) is 21.3 Å². The van der Waals surface area contributed by atoms with Crippen molar-refractivity contribution < 1.29 is 9.53 Å². The highest BCUT2D eigenvalue weighted by Gasteiger charge is 2.33. The third-order valence-corrected chi connectivity index (χ3v) is 5.61. The smallest absolute Gasteiger partial charge is 0.266 e. The largest absolute Gasteiger partial charge is 0.385 e. The summed E-state index contributed by atoms with van der Waals surface area (Å²) in [4.78, 5) is 20.1. The first-order valence-electron chi connectivity index (χ1n) is 9.24. The average Bonchev–Trinajstić information content (AvgIpc) is 2.99. The predicted molar refractivity (Wildman–Crippen MR) is 118 cm³/mol. The third-order valence-electron chi connectivity index (χ3n) is 4.36. The lowest BCUT2D eigenvalue weighted by atomic mass is 10.2. The Morgan fingerprint density at radius 2 is 1.86 bits per heavy atom. The van der Waals surface area contributed by atoms with Crippen LogP contribution in [0.2, 0.25) is 5.02 Å². The fraction of sp³-hybridized carbons (Fsp3) is 0.273. The molecule has 2 aromatic rings. The van der Waals surface area contributed by atoms with Gasteiger partial charge in [0.15, 0.2) is 5.17 Å². The molecule has 1 aliphatic rings. The molecular weight excluding hydrogens is 392 g/mol. The van der Waals surface area contributed by atoms with Crippen LogP contribution in [0.1, 0.15) is 24.5 Å². The van der Waals surface area contributed by atoms with Crippen molar-refractivity contribution >= 4 is 46.2 Å². The molecule has 0 aliphatic carbocycles. The first kappa shape index (κ1) is 20.6. The summed E-state index contributed by atoms with van der Waals surface area (Å²) in [5, 5.41) is 1.37. The van der Waals surface area contributed by atoms with Crippen LogP contribution in [-0.2, 0) is 16.0 Å². The zero-order valence-corrected chi connectivity index (χ0v) is 17.6. The Morgan fingerprint density at radius 3 is 2.50 bits per heavy atom. The number of nitrogens with zero attached hydrogens (tertiary/aromatic N) is 2. The lowest BCUT2D eigenvalue weighted by Crippen LogP contribution is -2.30. The highest BCUT2D eigenvalue weighted by Crippen LogP contribution is 2.34. The van der Waals surface area contributed by atoms with Crippen molar-refractivity contribution in [1.82, 2.24) is 4.90 Å². The lowest BCUT2D eigenvalue weighted by Gasteiger charge is -2.15. The van der Waals surface area contributed by atoms with Crippen molar-refractivity contribution in [3.63, 3.8) is 0 Å². The van der Waals surface area contributed by atoms with Gasteiger partial charge in [-0.15, -0.1) is 0 Å². The molecule has 1 saturated heterocycles. The normalized spacial score (nSPS) is 17.1. The van der Waals surface area contributed by atoms with Gasteiger partial charge in [0.2, 0.25) is 0 Å². The number of carbonyl (C=O) groups is 1. The number of benzene rings is 2. The SMILES string of the molecule is CCc1ccc(N=C2SC(=Cc3ccc(Cl)cc3)C(=O)N2CCCOC)cc1. The maximum atomic E-state index is 13.0. The Hall–Kier alpha value is -2.08. The second-order valence-electron chi connectivity index (χ2n) is 6.38. The first-order chi connectivity index (χ1) is 13.6. The molecule has 146 valence electrons. The standard InChI is InChI=1S/C22H23ClN2O2S/c1-3-16-7-11-19(12-8-16)24-22-25(13-4-14-27-2)21(26)20(28-22)15-17-5-9-18(23)10-6-17/h5-12,15H,3-4,13-14H2,1-2H3. The van der Waals surface area contributed by atoms with Crippen LogP contribution in [0.4, 0.5) is 5.69 Å². The molecule has 1 fully saturated rings. The molecular formula is C22H23ClN2O2S. The quantitative estimate of drug-likeness (QED) is 0.441. The van der Waals surface area contributed by atoms with Crippen molar-refractivity contribution in [2.24, 2.45) is 4.99 Å². The third kappa shape index (κ3) is 5.25. The van der Waals surface area contributed by atoms with Gasteiger partial charge in [-0.05, 0) is 66.1 Å². The maximum absolute atomic E-state index is 13.0. The van der Waals surface area contributed by atoms with Crippen LogP contribution >= 0.6 is 23.4 Å². The number of thioether (sulfide) groups is 1. The lowest BCUT2D eigenvalue weighted by molar-refractivity contribution is -0.122. The number of ether oxygens (including phenoxy) is 1. The second-order valence-corrected chi connectivity index (χ2v) is 7.83. The van der Waals surface area contributed by atoms with E-state index in [1.165, 1.54) is 17.3 Å². The van der Waals surface area contributed by atoms with Gasteiger partial charge in [0, 0.05) is 25.3 Å². The Labute approximate surface area is 175 Å². The number of rotatable bonds is 7. The average molecular weight is 415 g/mol. The van der Waals surface area contributed by atoms with Crippen LogP contribution in [0, 0.1) is 0 Å². The van der Waals surface area contributed by atoms with Gasteiger partial charge in [-0.25, -0.2) is 4.99 Å². The number of halogens is 1. The molecule has 0 aromatic heterocycles. The van der Waals surface area contributed by atoms with Gasteiger partial charge < -0.3 is 4.74 Å². The molecule has 1 amide bonds. The molecule has 4 nitrogen and oxygen atoms in total. The van der Waals surface area contributed by atoms with E-state index in [9.17, 15) is 4.79 Å². The van der Waals surface area contributed by atoms with Crippen LogP contribution in [0.15, 0.2) is 58.4 Å². The fourth-order valence-electron chi connectivity index (χ4n) is 2.78. The molecule has 28 heavy (non-hydrogen) atoms. The summed E-state index contributed by atoms with van der Waals surface area (Å²) in [6.45, 7) is 3.30. The summed E-state index contributed by atoms with van der Waals surface area (Å²) in [6.07, 6.45) is 3.63. The van der Waals surface area contributed by atoms with E-state index in [1.54, 1.807) is 12.0 Å². The van der Waals surface area contributed by atoms with E-state index < -0.39 is 0 Å². The number of methoxy groups -OCH3 is 1. The number of aliphatic imine (C=N–C) groups is 1. The maximum Gasteiger partial charge on any atom is 0.266 e. The summed E-state index contributed by atoms with van der Waals surface area (Å²) in [7, 11) is 1.66. The Morgan fingerprint density at radius 1 is 1.14 bits per heavy atom. The monoisotopic (exact) mass is 414 g/mol. The van der Waals surface area contributed by atoms with E-state index in [2.05, 4.69) is 19.1 Å². The Kier molecular flexibility index (Phi) is 7.31. The van der Waals surface area contributed by atoms with Crippen LogP contribution < -0.4 is 0 Å². The van der Waals surface area contributed by atoms with E-state index in [0.29, 0.717) is 28.2 Å². The molecule has 0 spiro atoms. The minimum Gasteiger partial charge on any atom is -0.385 e. The number of hydrogen-bond acceptors (Lipinski definition) is 4. The van der Waals surface area contributed by atoms with E-state index in [1.807, 2.05) is 42.5 Å². The topological polar surface area (TPSA) is 41.9 Å². The van der Waals surface area contributed by atoms with Crippen molar-refractivity contribution in [2.45, 2.75) is 19.8 Å². The van der Waals surface area contributed by atoms with Crippen molar-refractivity contribution in [3.05, 3.63) is 69.6 Å². The molecule has 0 bridgehead atoms. The van der Waals surface area contributed by atoms with E-state index in [0.717, 1.165) is 24.1 Å². The van der Waals surface area contributed by atoms with E-state index in [-0.39, 0.29) is 5.91 Å². The zero-order valence-electron chi connectivity index (χ0n) is 16.0. The van der Waals surface area contributed by atoms with Gasteiger partial charge in [-0.3, -0.25) is 9.69 Å². The molecule has 1 aliphatic heterocycles. The number of amides is 1. The van der Waals surface area contributed by atoms with Crippen LogP contribution in [0.5, 0.6) is 0 Å². The minimum atomic E-state index is -0.0278. The van der Waals surface area contributed by atoms with Gasteiger partial charge in [-0.2, -0.15) is 0 Å². The van der Waals surface area contributed by atoms with Crippen molar-refractivity contribution in [1.29, 1.82) is 0 Å². The highest BCUT2D eigenvalue weighted by atomic mass is 35.5. The molecule has 0 atom stereocenters. The summed E-state index contributed by atoms with van der Waals surface area (Å²) >= 11 is 7.36.